The number of carbonyl (C=O) groups excluding carboxylic acids is 3. The van der Waals surface area contributed by atoms with E-state index in [0.717, 1.165) is 11.1 Å². The average Bonchev–Trinajstić information content (AvgIpc) is 3.20. The summed E-state index contributed by atoms with van der Waals surface area (Å²) in [7, 11) is 0. The van der Waals surface area contributed by atoms with Gasteiger partial charge in [0, 0.05) is 5.75 Å². The average molecular weight is 601 g/mol. The van der Waals surface area contributed by atoms with Gasteiger partial charge in [-0.15, -0.1) is 16.7 Å². The van der Waals surface area contributed by atoms with Crippen LogP contribution in [0.5, 0.6) is 0 Å². The van der Waals surface area contributed by atoms with E-state index < -0.39 is 58.7 Å². The first-order valence-electron chi connectivity index (χ1n) is 14.0. The fraction of sp³-hybridized carbons (Fsp3) is 0.344. The lowest BCUT2D eigenvalue weighted by molar-refractivity contribution is -0.188. The van der Waals surface area contributed by atoms with Crippen LogP contribution in [0.25, 0.3) is 0 Å². The SMILES string of the molecule is CC1(O)CS[C@@H]2C(N3C(=O)C(c4ccccc4)N(N=O)C3(C)C)C(=O)N2C1C(=O)OC(c1ccccc1)c1ccccc1. The van der Waals surface area contributed by atoms with Crippen LogP contribution in [-0.4, -0.2) is 72.2 Å². The second-order valence-corrected chi connectivity index (χ2v) is 12.8. The molecule has 3 aromatic carbocycles. The van der Waals surface area contributed by atoms with E-state index in [1.807, 2.05) is 66.7 Å². The van der Waals surface area contributed by atoms with Gasteiger partial charge in [-0.05, 0) is 37.5 Å². The Kier molecular flexibility index (Phi) is 7.26. The maximum absolute atomic E-state index is 14.0. The van der Waals surface area contributed by atoms with Crippen molar-refractivity contribution < 1.29 is 24.2 Å². The van der Waals surface area contributed by atoms with Crippen molar-refractivity contribution in [2.45, 2.75) is 61.6 Å². The summed E-state index contributed by atoms with van der Waals surface area (Å²) in [5.74, 6) is -1.56. The summed E-state index contributed by atoms with van der Waals surface area (Å²) in [6.07, 6.45) is -0.760. The van der Waals surface area contributed by atoms with E-state index in [0.29, 0.717) is 5.56 Å². The fourth-order valence-electron chi connectivity index (χ4n) is 6.39. The normalized spacial score (nSPS) is 28.0. The number of hydrogen-bond donors (Lipinski definition) is 1. The number of hydrogen-bond acceptors (Lipinski definition) is 8. The van der Waals surface area contributed by atoms with E-state index >= 15 is 0 Å². The van der Waals surface area contributed by atoms with Gasteiger partial charge in [0.2, 0.25) is 5.91 Å². The van der Waals surface area contributed by atoms with Crippen LogP contribution in [0.15, 0.2) is 96.3 Å². The quantitative estimate of drug-likeness (QED) is 0.245. The lowest BCUT2D eigenvalue weighted by Crippen LogP contribution is -2.80. The number of thioether (sulfide) groups is 1. The topological polar surface area (TPSA) is 120 Å². The van der Waals surface area contributed by atoms with Gasteiger partial charge in [-0.3, -0.25) is 9.59 Å². The molecule has 10 nitrogen and oxygen atoms in total. The lowest BCUT2D eigenvalue weighted by Gasteiger charge is -2.59. The Morgan fingerprint density at radius 2 is 1.44 bits per heavy atom. The van der Waals surface area contributed by atoms with Crippen molar-refractivity contribution in [3.8, 4) is 0 Å². The molecule has 6 rings (SSSR count). The van der Waals surface area contributed by atoms with Gasteiger partial charge in [0.05, 0.1) is 5.29 Å². The van der Waals surface area contributed by atoms with Crippen LogP contribution < -0.4 is 0 Å². The Morgan fingerprint density at radius 3 is 1.98 bits per heavy atom. The molecule has 0 bridgehead atoms. The van der Waals surface area contributed by atoms with Crippen LogP contribution in [0, 0.1) is 4.91 Å². The van der Waals surface area contributed by atoms with E-state index in [1.165, 1.54) is 33.5 Å². The third-order valence-corrected chi connectivity index (χ3v) is 10.1. The van der Waals surface area contributed by atoms with Gasteiger partial charge < -0.3 is 19.6 Å². The molecule has 0 aliphatic carbocycles. The molecule has 222 valence electrons. The van der Waals surface area contributed by atoms with Crippen LogP contribution in [0.3, 0.4) is 0 Å². The molecule has 5 atom stereocenters. The molecule has 0 aromatic heterocycles. The van der Waals surface area contributed by atoms with Crippen LogP contribution in [0.4, 0.5) is 0 Å². The molecule has 0 radical (unpaired) electrons. The summed E-state index contributed by atoms with van der Waals surface area (Å²) in [5.41, 5.74) is -0.749. The monoisotopic (exact) mass is 600 g/mol. The van der Waals surface area contributed by atoms with Crippen molar-refractivity contribution in [2.75, 3.05) is 5.75 Å². The predicted octanol–water partition coefficient (Wildman–Crippen LogP) is 4.03. The maximum Gasteiger partial charge on any atom is 0.332 e. The third kappa shape index (κ3) is 4.67. The van der Waals surface area contributed by atoms with Crippen molar-refractivity contribution in [1.29, 1.82) is 0 Å². The number of rotatable bonds is 7. The van der Waals surface area contributed by atoms with Gasteiger partial charge in [0.1, 0.15) is 22.7 Å². The van der Waals surface area contributed by atoms with Gasteiger partial charge in [-0.1, -0.05) is 91.0 Å². The van der Waals surface area contributed by atoms with E-state index in [1.54, 1.807) is 38.1 Å². The molecule has 0 spiro atoms. The Balaban J connectivity index is 1.30. The van der Waals surface area contributed by atoms with Crippen molar-refractivity contribution in [3.63, 3.8) is 0 Å². The van der Waals surface area contributed by atoms with Gasteiger partial charge in [0.15, 0.2) is 18.2 Å². The van der Waals surface area contributed by atoms with Crippen molar-refractivity contribution in [1.82, 2.24) is 14.8 Å². The summed E-state index contributed by atoms with van der Waals surface area (Å²) >= 11 is 1.29. The zero-order chi connectivity index (χ0) is 30.5. The summed E-state index contributed by atoms with van der Waals surface area (Å²) < 4.78 is 6.08. The third-order valence-electron chi connectivity index (χ3n) is 8.47. The summed E-state index contributed by atoms with van der Waals surface area (Å²) in [6.45, 7) is 4.85. The van der Waals surface area contributed by atoms with E-state index in [9.17, 15) is 24.4 Å². The minimum absolute atomic E-state index is 0.124. The standard InChI is InChI=1S/C32H32N4O6S/c1-31(2)35(28(38)23(36(31)33-41)20-13-7-4-8-14-20)24-27(37)34-26(32(3,40)19-43-29(24)34)30(39)42-25(21-15-9-5-10-16-21)22-17-11-6-12-18-22/h4-18,23-26,29,40H,19H2,1-3H3/t23?,24?,26?,29-,32?/m1/s1. The second-order valence-electron chi connectivity index (χ2n) is 11.7. The number of benzene rings is 3. The molecule has 3 aromatic rings. The number of ether oxygens (including phenoxy) is 1. The van der Waals surface area contributed by atoms with Gasteiger partial charge in [0.25, 0.3) is 5.91 Å². The molecule has 3 saturated heterocycles. The minimum atomic E-state index is -1.59. The van der Waals surface area contributed by atoms with Crippen molar-refractivity contribution >= 4 is 29.5 Å². The molecule has 3 heterocycles. The predicted molar refractivity (Wildman–Crippen MR) is 160 cm³/mol. The van der Waals surface area contributed by atoms with E-state index in [4.69, 9.17) is 4.74 Å². The molecule has 43 heavy (non-hydrogen) atoms. The number of fused-ring (bicyclic) bond motifs is 1. The fourth-order valence-corrected chi connectivity index (χ4v) is 7.87. The first kappa shape index (κ1) is 28.9. The maximum atomic E-state index is 14.0. The van der Waals surface area contributed by atoms with Crippen LogP contribution >= 0.6 is 11.8 Å². The van der Waals surface area contributed by atoms with Crippen LogP contribution in [-0.2, 0) is 19.1 Å². The van der Waals surface area contributed by atoms with Crippen molar-refractivity contribution in [3.05, 3.63) is 113 Å². The lowest BCUT2D eigenvalue weighted by atomic mass is 9.89. The number of carbonyl (C=O) groups is 3. The Hall–Kier alpha value is -4.22. The number of nitroso groups, excluding NO2 is 1. The van der Waals surface area contributed by atoms with Gasteiger partial charge in [-0.25, -0.2) is 9.80 Å². The van der Waals surface area contributed by atoms with Gasteiger partial charge in [-0.2, -0.15) is 0 Å². The summed E-state index contributed by atoms with van der Waals surface area (Å²) in [5, 5.41) is 15.2. The Labute approximate surface area is 253 Å². The van der Waals surface area contributed by atoms with Crippen molar-refractivity contribution in [2.24, 2.45) is 5.29 Å². The van der Waals surface area contributed by atoms with Crippen LogP contribution in [0.1, 0.15) is 49.6 Å². The van der Waals surface area contributed by atoms with Crippen LogP contribution in [0.2, 0.25) is 0 Å². The number of β-lactam (4-membered cyclic amide) rings is 1. The Morgan fingerprint density at radius 1 is 0.907 bits per heavy atom. The minimum Gasteiger partial charge on any atom is -0.451 e. The number of esters is 1. The summed E-state index contributed by atoms with van der Waals surface area (Å²) in [6, 6.07) is 24.1. The largest absolute Gasteiger partial charge is 0.451 e. The highest BCUT2D eigenvalue weighted by atomic mass is 32.2. The molecule has 0 saturated carbocycles. The highest BCUT2D eigenvalue weighted by Gasteiger charge is 2.68. The first-order chi connectivity index (χ1) is 20.6. The van der Waals surface area contributed by atoms with E-state index in [-0.39, 0.29) is 5.75 Å². The molecule has 4 unspecified atom stereocenters. The molecule has 2 amide bonds. The highest BCUT2D eigenvalue weighted by Crippen LogP contribution is 2.50. The number of aliphatic hydroxyl groups is 1. The molecular weight excluding hydrogens is 568 g/mol. The zero-order valence-electron chi connectivity index (χ0n) is 23.9. The molecular formula is C32H32N4O6S. The molecule has 3 fully saturated rings. The molecule has 3 aliphatic rings. The smallest absolute Gasteiger partial charge is 0.332 e. The second kappa shape index (κ2) is 10.8. The molecule has 3 aliphatic heterocycles. The first-order valence-corrected chi connectivity index (χ1v) is 15.1. The summed E-state index contributed by atoms with van der Waals surface area (Å²) in [4.78, 5) is 56.6. The Bertz CT molecular complexity index is 1500. The molecule has 1 N–H and O–H groups in total. The zero-order valence-corrected chi connectivity index (χ0v) is 24.8. The number of nitrogens with zero attached hydrogens (tertiary/aromatic N) is 4. The van der Waals surface area contributed by atoms with E-state index in [2.05, 4.69) is 5.29 Å². The highest BCUT2D eigenvalue weighted by molar-refractivity contribution is 8.00. The molecule has 11 heteroatoms. The van der Waals surface area contributed by atoms with Gasteiger partial charge >= 0.3 is 5.97 Å². The number of amides is 2.